The molecule has 0 radical (unpaired) electrons. The van der Waals surface area contributed by atoms with Crippen molar-refractivity contribution in [2.45, 2.75) is 13.3 Å². The maximum atomic E-state index is 12.0. The highest BCUT2D eigenvalue weighted by molar-refractivity contribution is 7.80. The molecular weight excluding hydrogens is 411 g/mol. The fourth-order valence-corrected chi connectivity index (χ4v) is 2.90. The van der Waals surface area contributed by atoms with E-state index in [2.05, 4.69) is 10.6 Å². The lowest BCUT2D eigenvalue weighted by Crippen LogP contribution is -2.37. The third kappa shape index (κ3) is 6.09. The van der Waals surface area contributed by atoms with Gasteiger partial charge in [-0.25, -0.2) is 4.79 Å². The number of carbonyl (C=O) groups excluding carboxylic acids is 1. The molecule has 2 rings (SSSR count). The van der Waals surface area contributed by atoms with Crippen LogP contribution in [0.2, 0.25) is 10.0 Å². The van der Waals surface area contributed by atoms with Crippen LogP contribution in [0.5, 0.6) is 5.75 Å². The van der Waals surface area contributed by atoms with Crippen LogP contribution in [0.3, 0.4) is 0 Å². The zero-order valence-electron chi connectivity index (χ0n) is 14.2. The summed E-state index contributed by atoms with van der Waals surface area (Å²) in [6.07, 6.45) is 0.909. The van der Waals surface area contributed by atoms with Crippen molar-refractivity contribution in [3.8, 4) is 5.75 Å². The molecule has 0 saturated carbocycles. The number of carbonyl (C=O) groups is 2. The number of carboxylic acids is 1. The number of rotatable bonds is 6. The Balaban J connectivity index is 1.95. The predicted molar refractivity (Wildman–Crippen MR) is 109 cm³/mol. The van der Waals surface area contributed by atoms with E-state index in [-0.39, 0.29) is 33.0 Å². The van der Waals surface area contributed by atoms with Gasteiger partial charge in [-0.3, -0.25) is 10.1 Å². The molecule has 1 amide bonds. The number of benzene rings is 2. The van der Waals surface area contributed by atoms with E-state index >= 15 is 0 Å². The Bertz CT molecular complexity index is 872. The molecule has 0 atom stereocenters. The normalized spacial score (nSPS) is 10.2. The van der Waals surface area contributed by atoms with Crippen LogP contribution in [0.1, 0.15) is 22.8 Å². The van der Waals surface area contributed by atoms with Gasteiger partial charge in [0.05, 0.1) is 16.3 Å². The number of anilines is 1. The molecule has 0 bridgehead atoms. The third-order valence-electron chi connectivity index (χ3n) is 3.48. The minimum absolute atomic E-state index is 0.0370. The van der Waals surface area contributed by atoms with Crippen LogP contribution in [-0.4, -0.2) is 28.7 Å². The number of hydrogen-bond acceptors (Lipinski definition) is 4. The van der Waals surface area contributed by atoms with Crippen molar-refractivity contribution in [1.29, 1.82) is 0 Å². The minimum Gasteiger partial charge on any atom is -0.484 e. The first-order chi connectivity index (χ1) is 12.8. The van der Waals surface area contributed by atoms with Gasteiger partial charge in [-0.15, -0.1) is 0 Å². The van der Waals surface area contributed by atoms with Gasteiger partial charge in [0.1, 0.15) is 5.75 Å². The topological polar surface area (TPSA) is 87.7 Å². The highest BCUT2D eigenvalue weighted by Crippen LogP contribution is 2.30. The Morgan fingerprint density at radius 3 is 2.44 bits per heavy atom. The molecule has 142 valence electrons. The largest absolute Gasteiger partial charge is 0.484 e. The van der Waals surface area contributed by atoms with Gasteiger partial charge in [0.25, 0.3) is 5.91 Å². The maximum Gasteiger partial charge on any atom is 0.337 e. The summed E-state index contributed by atoms with van der Waals surface area (Å²) in [5.41, 5.74) is 1.03. The zero-order chi connectivity index (χ0) is 20.0. The summed E-state index contributed by atoms with van der Waals surface area (Å²) in [7, 11) is 0. The Morgan fingerprint density at radius 2 is 1.85 bits per heavy atom. The fraction of sp³-hybridized carbons (Fsp3) is 0.167. The van der Waals surface area contributed by atoms with Gasteiger partial charge in [-0.1, -0.05) is 42.3 Å². The maximum absolute atomic E-state index is 12.0. The second-order valence-corrected chi connectivity index (χ2v) is 6.66. The Hall–Kier alpha value is -2.35. The van der Waals surface area contributed by atoms with Crippen molar-refractivity contribution < 1.29 is 19.4 Å². The first-order valence-corrected chi connectivity index (χ1v) is 9.01. The fourth-order valence-electron chi connectivity index (χ4n) is 2.15. The van der Waals surface area contributed by atoms with Crippen molar-refractivity contribution in [3.63, 3.8) is 0 Å². The number of aromatic carboxylic acids is 1. The molecule has 0 unspecified atom stereocenters. The van der Waals surface area contributed by atoms with Crippen molar-refractivity contribution in [2.75, 3.05) is 11.9 Å². The van der Waals surface area contributed by atoms with E-state index in [0.717, 1.165) is 12.0 Å². The van der Waals surface area contributed by atoms with Gasteiger partial charge >= 0.3 is 5.97 Å². The number of ether oxygens (including phenoxy) is 1. The second-order valence-electron chi connectivity index (χ2n) is 5.40. The van der Waals surface area contributed by atoms with E-state index in [0.29, 0.717) is 5.75 Å². The van der Waals surface area contributed by atoms with Crippen LogP contribution in [-0.2, 0) is 11.2 Å². The molecule has 9 heteroatoms. The number of aryl methyl sites for hydroxylation is 1. The molecule has 27 heavy (non-hydrogen) atoms. The van der Waals surface area contributed by atoms with Gasteiger partial charge in [-0.05, 0) is 48.5 Å². The van der Waals surface area contributed by atoms with E-state index in [1.165, 1.54) is 12.1 Å². The monoisotopic (exact) mass is 426 g/mol. The van der Waals surface area contributed by atoms with Crippen LogP contribution in [0.15, 0.2) is 36.4 Å². The standard InChI is InChI=1S/C18H16Cl2N2O4S/c1-2-10-3-5-12(6-4-10)26-9-15(23)21-18(27)22-16-13(17(24)25)7-11(19)8-14(16)20/h3-8H,2,9H2,1H3,(H,24,25)(H2,21,22,23,27). The SMILES string of the molecule is CCc1ccc(OCC(=O)NC(=S)Nc2c(Cl)cc(Cl)cc2C(=O)O)cc1. The van der Waals surface area contributed by atoms with E-state index in [4.69, 9.17) is 40.2 Å². The van der Waals surface area contributed by atoms with Crippen LogP contribution in [0, 0.1) is 0 Å². The summed E-state index contributed by atoms with van der Waals surface area (Å²) >= 11 is 16.9. The van der Waals surface area contributed by atoms with E-state index < -0.39 is 11.9 Å². The summed E-state index contributed by atoms with van der Waals surface area (Å²) in [6.45, 7) is 1.79. The molecule has 2 aromatic carbocycles. The highest BCUT2D eigenvalue weighted by atomic mass is 35.5. The van der Waals surface area contributed by atoms with Gasteiger partial charge in [-0.2, -0.15) is 0 Å². The average Bonchev–Trinajstić information content (AvgIpc) is 2.62. The smallest absolute Gasteiger partial charge is 0.337 e. The quantitative estimate of drug-likeness (QED) is 0.601. The number of carboxylic acid groups (broad SMARTS) is 1. The molecular formula is C18H16Cl2N2O4S. The number of halogens is 2. The summed E-state index contributed by atoms with van der Waals surface area (Å²) < 4.78 is 5.38. The third-order valence-corrected chi connectivity index (χ3v) is 4.20. The number of hydrogen-bond donors (Lipinski definition) is 3. The Morgan fingerprint density at radius 1 is 1.19 bits per heavy atom. The van der Waals surface area contributed by atoms with Crippen molar-refractivity contribution in [1.82, 2.24) is 5.32 Å². The lowest BCUT2D eigenvalue weighted by Gasteiger charge is -2.14. The van der Waals surface area contributed by atoms with E-state index in [9.17, 15) is 14.7 Å². The molecule has 3 N–H and O–H groups in total. The minimum atomic E-state index is -1.24. The molecule has 0 aliphatic heterocycles. The van der Waals surface area contributed by atoms with E-state index in [1.54, 1.807) is 12.1 Å². The number of thiocarbonyl (C=S) groups is 1. The second kappa shape index (κ2) is 9.55. The zero-order valence-corrected chi connectivity index (χ0v) is 16.5. The summed E-state index contributed by atoms with van der Waals surface area (Å²) in [5, 5.41) is 14.4. The van der Waals surface area contributed by atoms with Crippen LogP contribution < -0.4 is 15.4 Å². The van der Waals surface area contributed by atoms with Crippen molar-refractivity contribution in [2.24, 2.45) is 0 Å². The summed E-state index contributed by atoms with van der Waals surface area (Å²) in [6, 6.07) is 9.96. The average molecular weight is 427 g/mol. The van der Waals surface area contributed by atoms with Crippen LogP contribution in [0.25, 0.3) is 0 Å². The molecule has 0 saturated heterocycles. The molecule has 2 aromatic rings. The molecule has 0 fully saturated rings. The Kier molecular flexibility index (Phi) is 7.41. The number of nitrogens with one attached hydrogen (secondary N) is 2. The molecule has 6 nitrogen and oxygen atoms in total. The first kappa shape index (κ1) is 21.0. The van der Waals surface area contributed by atoms with Crippen LogP contribution >= 0.6 is 35.4 Å². The molecule has 0 heterocycles. The highest BCUT2D eigenvalue weighted by Gasteiger charge is 2.17. The summed E-state index contributed by atoms with van der Waals surface area (Å²) in [4.78, 5) is 23.3. The van der Waals surface area contributed by atoms with Gasteiger partial charge < -0.3 is 15.2 Å². The van der Waals surface area contributed by atoms with Gasteiger partial charge in [0.15, 0.2) is 11.7 Å². The van der Waals surface area contributed by atoms with Gasteiger partial charge in [0, 0.05) is 5.02 Å². The van der Waals surface area contributed by atoms with Crippen LogP contribution in [0.4, 0.5) is 5.69 Å². The molecule has 0 aromatic heterocycles. The number of amides is 1. The summed E-state index contributed by atoms with van der Waals surface area (Å²) in [5.74, 6) is -1.20. The predicted octanol–water partition coefficient (Wildman–Crippen LogP) is 4.15. The van der Waals surface area contributed by atoms with Crippen molar-refractivity contribution in [3.05, 3.63) is 57.6 Å². The molecule has 0 spiro atoms. The lowest BCUT2D eigenvalue weighted by atomic mass is 10.2. The Labute approximate surface area is 171 Å². The van der Waals surface area contributed by atoms with Crippen molar-refractivity contribution >= 4 is 58.1 Å². The molecule has 0 aliphatic carbocycles. The lowest BCUT2D eigenvalue weighted by molar-refractivity contribution is -0.121. The van der Waals surface area contributed by atoms with E-state index in [1.807, 2.05) is 19.1 Å². The van der Waals surface area contributed by atoms with Gasteiger partial charge in [0.2, 0.25) is 0 Å². The molecule has 0 aliphatic rings. The first-order valence-electron chi connectivity index (χ1n) is 7.85.